The Bertz CT molecular complexity index is 659. The number of halogens is 1. The summed E-state index contributed by atoms with van der Waals surface area (Å²) in [7, 11) is 1.72. The van der Waals surface area contributed by atoms with Gasteiger partial charge in [0.05, 0.1) is 6.26 Å². The van der Waals surface area contributed by atoms with Crippen LogP contribution in [0.1, 0.15) is 42.7 Å². The summed E-state index contributed by atoms with van der Waals surface area (Å²) in [6, 6.07) is 3.52. The van der Waals surface area contributed by atoms with Crippen LogP contribution >= 0.6 is 24.0 Å². The van der Waals surface area contributed by atoms with Gasteiger partial charge in [-0.3, -0.25) is 14.6 Å². The van der Waals surface area contributed by atoms with Crippen LogP contribution in [0.5, 0.6) is 0 Å². The Kier molecular flexibility index (Phi) is 9.07. The maximum absolute atomic E-state index is 12.5. The first-order valence-electron chi connectivity index (χ1n) is 9.75. The number of hydrogen-bond acceptors (Lipinski definition) is 4. The molecule has 156 valence electrons. The third kappa shape index (κ3) is 6.11. The van der Waals surface area contributed by atoms with Gasteiger partial charge in [0.25, 0.3) is 5.91 Å². The molecule has 1 unspecified atom stereocenters. The summed E-state index contributed by atoms with van der Waals surface area (Å²) >= 11 is 0. The van der Waals surface area contributed by atoms with Gasteiger partial charge in [-0.1, -0.05) is 12.8 Å². The van der Waals surface area contributed by atoms with Gasteiger partial charge in [0, 0.05) is 45.2 Å². The Labute approximate surface area is 182 Å². The maximum atomic E-state index is 12.5. The Hall–Kier alpha value is -1.78. The maximum Gasteiger partial charge on any atom is 0.287 e. The van der Waals surface area contributed by atoms with Gasteiger partial charge in [-0.05, 0) is 31.4 Å². The van der Waals surface area contributed by atoms with Crippen LogP contribution in [0.25, 0.3) is 0 Å². The van der Waals surface area contributed by atoms with E-state index in [4.69, 9.17) is 4.42 Å². The van der Waals surface area contributed by atoms with E-state index in [1.54, 1.807) is 19.2 Å². The van der Waals surface area contributed by atoms with E-state index < -0.39 is 0 Å². The zero-order chi connectivity index (χ0) is 19.1. The zero-order valence-corrected chi connectivity index (χ0v) is 18.6. The summed E-state index contributed by atoms with van der Waals surface area (Å²) < 4.78 is 5.05. The third-order valence-corrected chi connectivity index (χ3v) is 5.22. The molecule has 3 rings (SSSR count). The molecule has 1 saturated heterocycles. The first-order chi connectivity index (χ1) is 13.2. The number of nitrogens with zero attached hydrogens (tertiary/aromatic N) is 2. The average molecular weight is 503 g/mol. The van der Waals surface area contributed by atoms with Gasteiger partial charge in [0.2, 0.25) is 5.91 Å². The molecule has 2 amide bonds. The summed E-state index contributed by atoms with van der Waals surface area (Å²) in [5.41, 5.74) is 0. The first-order valence-corrected chi connectivity index (χ1v) is 9.75. The molecule has 2 heterocycles. The Balaban J connectivity index is 0.00000280. The quantitative estimate of drug-likeness (QED) is 0.237. The van der Waals surface area contributed by atoms with Gasteiger partial charge in [-0.15, -0.1) is 24.0 Å². The van der Waals surface area contributed by atoms with Crippen molar-refractivity contribution in [3.63, 3.8) is 0 Å². The molecule has 2 fully saturated rings. The Morgan fingerprint density at radius 2 is 1.96 bits per heavy atom. The van der Waals surface area contributed by atoms with E-state index in [-0.39, 0.29) is 41.8 Å². The van der Waals surface area contributed by atoms with Gasteiger partial charge in [-0.2, -0.15) is 0 Å². The molecule has 9 heteroatoms. The molecular formula is C19H30IN5O3. The van der Waals surface area contributed by atoms with Crippen LogP contribution in [-0.4, -0.2) is 61.9 Å². The van der Waals surface area contributed by atoms with Crippen molar-refractivity contribution in [2.45, 2.75) is 38.1 Å². The number of guanidine groups is 1. The van der Waals surface area contributed by atoms with E-state index in [2.05, 4.69) is 20.9 Å². The van der Waals surface area contributed by atoms with Crippen molar-refractivity contribution >= 4 is 41.8 Å². The normalized spacial score (nSPS) is 20.0. The van der Waals surface area contributed by atoms with Crippen LogP contribution in [0.4, 0.5) is 0 Å². The van der Waals surface area contributed by atoms with Crippen molar-refractivity contribution in [3.05, 3.63) is 24.2 Å². The number of likely N-dealkylation sites (tertiary alicyclic amines) is 1. The van der Waals surface area contributed by atoms with Crippen LogP contribution in [0.2, 0.25) is 0 Å². The van der Waals surface area contributed by atoms with Crippen molar-refractivity contribution in [2.24, 2.45) is 10.9 Å². The van der Waals surface area contributed by atoms with Crippen LogP contribution in [-0.2, 0) is 4.79 Å². The first kappa shape index (κ1) is 22.5. The largest absolute Gasteiger partial charge is 0.459 e. The van der Waals surface area contributed by atoms with Crippen molar-refractivity contribution in [1.82, 2.24) is 20.9 Å². The van der Waals surface area contributed by atoms with Crippen LogP contribution in [0.3, 0.4) is 0 Å². The fourth-order valence-corrected chi connectivity index (χ4v) is 3.75. The number of nitrogens with one attached hydrogen (secondary N) is 3. The number of furan rings is 1. The second-order valence-electron chi connectivity index (χ2n) is 7.13. The predicted molar refractivity (Wildman–Crippen MR) is 118 cm³/mol. The second-order valence-corrected chi connectivity index (χ2v) is 7.13. The SMILES string of the molecule is CN=C(NCCNC(=O)c1ccco1)NC1CCN(C(=O)C2CCCC2)C1.I. The third-order valence-electron chi connectivity index (χ3n) is 5.22. The molecule has 28 heavy (non-hydrogen) atoms. The number of hydrogen-bond donors (Lipinski definition) is 3. The van der Waals surface area contributed by atoms with Crippen LogP contribution in [0.15, 0.2) is 27.8 Å². The fraction of sp³-hybridized carbons (Fsp3) is 0.632. The van der Waals surface area contributed by atoms with Gasteiger partial charge < -0.3 is 25.3 Å². The highest BCUT2D eigenvalue weighted by molar-refractivity contribution is 14.0. The van der Waals surface area contributed by atoms with Gasteiger partial charge in [-0.25, -0.2) is 0 Å². The smallest absolute Gasteiger partial charge is 0.287 e. The molecule has 1 saturated carbocycles. The molecular weight excluding hydrogens is 473 g/mol. The average Bonchev–Trinajstić information content (AvgIpc) is 3.44. The molecule has 0 bridgehead atoms. The van der Waals surface area contributed by atoms with Crippen molar-refractivity contribution in [2.75, 3.05) is 33.2 Å². The minimum absolute atomic E-state index is 0. The molecule has 2 aliphatic rings. The molecule has 0 radical (unpaired) electrons. The molecule has 1 atom stereocenters. The lowest BCUT2D eigenvalue weighted by Crippen LogP contribution is -2.47. The lowest BCUT2D eigenvalue weighted by Gasteiger charge is -2.21. The lowest BCUT2D eigenvalue weighted by molar-refractivity contribution is -0.134. The molecule has 1 aliphatic heterocycles. The highest BCUT2D eigenvalue weighted by Gasteiger charge is 2.32. The summed E-state index contributed by atoms with van der Waals surface area (Å²) in [5, 5.41) is 9.34. The highest BCUT2D eigenvalue weighted by atomic mass is 127. The number of aliphatic imine (C=N–C) groups is 1. The predicted octanol–water partition coefficient (Wildman–Crippen LogP) is 1.58. The number of rotatable bonds is 6. The summed E-state index contributed by atoms with van der Waals surface area (Å²) in [6.45, 7) is 2.54. The molecule has 1 aromatic rings. The van der Waals surface area contributed by atoms with E-state index in [0.717, 1.165) is 32.4 Å². The van der Waals surface area contributed by atoms with Crippen molar-refractivity contribution < 1.29 is 14.0 Å². The number of carbonyl (C=O) groups is 2. The van der Waals surface area contributed by atoms with Crippen molar-refractivity contribution in [1.29, 1.82) is 0 Å². The van der Waals surface area contributed by atoms with Gasteiger partial charge in [0.1, 0.15) is 0 Å². The molecule has 0 spiro atoms. The number of carbonyl (C=O) groups excluding carboxylic acids is 2. The zero-order valence-electron chi connectivity index (χ0n) is 16.3. The lowest BCUT2D eigenvalue weighted by atomic mass is 10.1. The van der Waals surface area contributed by atoms with Crippen LogP contribution < -0.4 is 16.0 Å². The van der Waals surface area contributed by atoms with E-state index >= 15 is 0 Å². The summed E-state index contributed by atoms with van der Waals surface area (Å²) in [6.07, 6.45) is 6.84. The van der Waals surface area contributed by atoms with E-state index in [9.17, 15) is 9.59 Å². The van der Waals surface area contributed by atoms with E-state index in [1.165, 1.54) is 19.1 Å². The highest BCUT2D eigenvalue weighted by Crippen LogP contribution is 2.27. The van der Waals surface area contributed by atoms with Crippen LogP contribution in [0, 0.1) is 5.92 Å². The second kappa shape index (κ2) is 11.3. The summed E-state index contributed by atoms with van der Waals surface area (Å²) in [5.74, 6) is 1.30. The molecule has 8 nitrogen and oxygen atoms in total. The Morgan fingerprint density at radius 1 is 1.21 bits per heavy atom. The summed E-state index contributed by atoms with van der Waals surface area (Å²) in [4.78, 5) is 30.5. The molecule has 1 aromatic heterocycles. The standard InChI is InChI=1S/C19H29N5O3.HI/c1-20-19(22-10-9-21-17(25)16-7-4-12-27-16)23-15-8-11-24(13-15)18(26)14-5-2-3-6-14;/h4,7,12,14-15H,2-3,5-6,8-11,13H2,1H3,(H,21,25)(H2,20,22,23);1H. The minimum atomic E-state index is -0.235. The van der Waals surface area contributed by atoms with Gasteiger partial charge in [0.15, 0.2) is 11.7 Å². The minimum Gasteiger partial charge on any atom is -0.459 e. The van der Waals surface area contributed by atoms with Crippen molar-refractivity contribution in [3.8, 4) is 0 Å². The topological polar surface area (TPSA) is 99.0 Å². The Morgan fingerprint density at radius 3 is 2.64 bits per heavy atom. The molecule has 0 aromatic carbocycles. The van der Waals surface area contributed by atoms with E-state index in [1.807, 2.05) is 4.90 Å². The monoisotopic (exact) mass is 503 g/mol. The molecule has 1 aliphatic carbocycles. The van der Waals surface area contributed by atoms with E-state index in [0.29, 0.717) is 30.7 Å². The number of amides is 2. The van der Waals surface area contributed by atoms with Gasteiger partial charge >= 0.3 is 0 Å². The fourth-order valence-electron chi connectivity index (χ4n) is 3.75. The molecule has 3 N–H and O–H groups in total.